The molecule has 1 aromatic carbocycles. The van der Waals surface area contributed by atoms with Crippen LogP contribution in [-0.4, -0.2) is 48.2 Å². The molecule has 0 saturated heterocycles. The number of benzene rings is 1. The first-order valence-corrected chi connectivity index (χ1v) is 7.53. The van der Waals surface area contributed by atoms with Crippen molar-refractivity contribution in [1.82, 2.24) is 4.90 Å². The summed E-state index contributed by atoms with van der Waals surface area (Å²) in [6, 6.07) is 8.63. The molecule has 0 spiro atoms. The maximum Gasteiger partial charge on any atom is 0.241 e. The van der Waals surface area contributed by atoms with Gasteiger partial charge in [0.25, 0.3) is 0 Å². The molecule has 1 heterocycles. The van der Waals surface area contributed by atoms with Gasteiger partial charge in [0.15, 0.2) is 0 Å². The van der Waals surface area contributed by atoms with E-state index in [9.17, 15) is 9.90 Å². The van der Waals surface area contributed by atoms with Crippen LogP contribution in [0.15, 0.2) is 24.3 Å². The molecule has 1 aliphatic heterocycles. The summed E-state index contributed by atoms with van der Waals surface area (Å²) in [7, 11) is 0. The fourth-order valence-electron chi connectivity index (χ4n) is 3.13. The van der Waals surface area contributed by atoms with Crippen LogP contribution in [0.2, 0.25) is 0 Å². The number of amides is 1. The van der Waals surface area contributed by atoms with Crippen LogP contribution >= 0.6 is 0 Å². The van der Waals surface area contributed by atoms with Gasteiger partial charge in [-0.25, -0.2) is 0 Å². The Morgan fingerprint density at radius 1 is 1.35 bits per heavy atom. The summed E-state index contributed by atoms with van der Waals surface area (Å²) in [5, 5.41) is 9.17. The predicted octanol–water partition coefficient (Wildman–Crippen LogP) is 1.42. The molecule has 0 radical (unpaired) electrons. The molecule has 2 aliphatic rings. The summed E-state index contributed by atoms with van der Waals surface area (Å²) in [5.41, 5.74) is 2.33. The normalized spacial score (nSPS) is 18.2. The summed E-state index contributed by atoms with van der Waals surface area (Å²) in [6.45, 7) is 1.95. The van der Waals surface area contributed by atoms with E-state index in [1.807, 2.05) is 23.1 Å². The van der Waals surface area contributed by atoms with E-state index in [-0.39, 0.29) is 12.5 Å². The van der Waals surface area contributed by atoms with Gasteiger partial charge in [0.1, 0.15) is 0 Å². The molecule has 0 atom stereocenters. The van der Waals surface area contributed by atoms with Crippen molar-refractivity contribution in [3.8, 4) is 0 Å². The molecule has 1 amide bonds. The number of hydrogen-bond donors (Lipinski definition) is 1. The van der Waals surface area contributed by atoms with Crippen LogP contribution in [0.4, 0.5) is 5.69 Å². The Morgan fingerprint density at radius 2 is 2.15 bits per heavy atom. The molecule has 20 heavy (non-hydrogen) atoms. The fourth-order valence-corrected chi connectivity index (χ4v) is 3.13. The van der Waals surface area contributed by atoms with Gasteiger partial charge >= 0.3 is 0 Å². The molecule has 0 aromatic heterocycles. The van der Waals surface area contributed by atoms with E-state index in [0.29, 0.717) is 19.1 Å². The quantitative estimate of drug-likeness (QED) is 0.883. The molecule has 1 aromatic rings. The van der Waals surface area contributed by atoms with Gasteiger partial charge in [-0.3, -0.25) is 9.69 Å². The molecule has 4 heteroatoms. The highest BCUT2D eigenvalue weighted by molar-refractivity contribution is 5.96. The SMILES string of the molecule is O=C(CN(CCO)C1CCC1)N1CCc2ccccc21. The van der Waals surface area contributed by atoms with E-state index in [1.165, 1.54) is 12.0 Å². The highest BCUT2D eigenvalue weighted by Crippen LogP contribution is 2.29. The van der Waals surface area contributed by atoms with E-state index in [0.717, 1.165) is 31.5 Å². The van der Waals surface area contributed by atoms with Crippen molar-refractivity contribution in [2.24, 2.45) is 0 Å². The van der Waals surface area contributed by atoms with Gasteiger partial charge < -0.3 is 10.0 Å². The van der Waals surface area contributed by atoms with Crippen LogP contribution in [0.25, 0.3) is 0 Å². The van der Waals surface area contributed by atoms with Gasteiger partial charge in [-0.1, -0.05) is 24.6 Å². The molecule has 108 valence electrons. The minimum absolute atomic E-state index is 0.125. The lowest BCUT2D eigenvalue weighted by atomic mass is 9.91. The third-order valence-electron chi connectivity index (χ3n) is 4.50. The van der Waals surface area contributed by atoms with Crippen molar-refractivity contribution in [3.05, 3.63) is 29.8 Å². The topological polar surface area (TPSA) is 43.8 Å². The third-order valence-corrected chi connectivity index (χ3v) is 4.50. The molecule has 1 aliphatic carbocycles. The first-order valence-electron chi connectivity index (χ1n) is 7.53. The highest BCUT2D eigenvalue weighted by atomic mass is 16.3. The second-order valence-corrected chi connectivity index (χ2v) is 5.70. The Labute approximate surface area is 120 Å². The minimum atomic E-state index is 0.125. The molecular formula is C16H22N2O2. The Kier molecular flexibility index (Phi) is 4.03. The molecule has 4 nitrogen and oxygen atoms in total. The zero-order valence-electron chi connectivity index (χ0n) is 11.8. The first-order chi connectivity index (χ1) is 9.79. The van der Waals surface area contributed by atoms with Crippen molar-refractivity contribution in [3.63, 3.8) is 0 Å². The van der Waals surface area contributed by atoms with Crippen molar-refractivity contribution in [1.29, 1.82) is 0 Å². The molecule has 0 unspecified atom stereocenters. The van der Waals surface area contributed by atoms with Gasteiger partial charge in [0, 0.05) is 24.8 Å². The van der Waals surface area contributed by atoms with Gasteiger partial charge in [-0.2, -0.15) is 0 Å². The van der Waals surface area contributed by atoms with Gasteiger partial charge in [-0.05, 0) is 30.9 Å². The molecule has 1 saturated carbocycles. The van der Waals surface area contributed by atoms with Crippen LogP contribution in [0.1, 0.15) is 24.8 Å². The van der Waals surface area contributed by atoms with Crippen LogP contribution in [0.3, 0.4) is 0 Å². The van der Waals surface area contributed by atoms with Crippen molar-refractivity contribution in [2.75, 3.05) is 31.1 Å². The molecule has 1 fully saturated rings. The molecule has 0 bridgehead atoms. The van der Waals surface area contributed by atoms with Crippen LogP contribution in [-0.2, 0) is 11.2 Å². The second kappa shape index (κ2) is 5.94. The average Bonchev–Trinajstić information content (AvgIpc) is 2.80. The number of hydrogen-bond acceptors (Lipinski definition) is 3. The van der Waals surface area contributed by atoms with Crippen molar-refractivity contribution < 1.29 is 9.90 Å². The van der Waals surface area contributed by atoms with Crippen LogP contribution in [0, 0.1) is 0 Å². The molecular weight excluding hydrogens is 252 g/mol. The number of carbonyl (C=O) groups excluding carboxylic acids is 1. The number of carbonyl (C=O) groups is 1. The largest absolute Gasteiger partial charge is 0.395 e. The number of rotatable bonds is 5. The predicted molar refractivity (Wildman–Crippen MR) is 78.8 cm³/mol. The molecule has 1 N–H and O–H groups in total. The zero-order valence-corrected chi connectivity index (χ0v) is 11.8. The van der Waals surface area contributed by atoms with Gasteiger partial charge in [-0.15, -0.1) is 0 Å². The number of para-hydroxylation sites is 1. The maximum atomic E-state index is 12.5. The monoisotopic (exact) mass is 274 g/mol. The number of aliphatic hydroxyl groups excluding tert-OH is 1. The molecule has 3 rings (SSSR count). The Morgan fingerprint density at radius 3 is 2.85 bits per heavy atom. The van der Waals surface area contributed by atoms with Crippen molar-refractivity contribution >= 4 is 11.6 Å². The minimum Gasteiger partial charge on any atom is -0.395 e. The number of nitrogens with zero attached hydrogens (tertiary/aromatic N) is 2. The summed E-state index contributed by atoms with van der Waals surface area (Å²) in [5.74, 6) is 0.162. The van der Waals surface area contributed by atoms with Gasteiger partial charge in [0.2, 0.25) is 5.91 Å². The fraction of sp³-hybridized carbons (Fsp3) is 0.562. The number of aliphatic hydroxyl groups is 1. The third kappa shape index (κ3) is 2.58. The average molecular weight is 274 g/mol. The Balaban J connectivity index is 1.67. The summed E-state index contributed by atoms with van der Waals surface area (Å²) < 4.78 is 0. The summed E-state index contributed by atoms with van der Waals surface area (Å²) >= 11 is 0. The van der Waals surface area contributed by atoms with E-state index in [2.05, 4.69) is 11.0 Å². The zero-order chi connectivity index (χ0) is 13.9. The lowest BCUT2D eigenvalue weighted by Crippen LogP contribution is -2.48. The van der Waals surface area contributed by atoms with Crippen LogP contribution < -0.4 is 4.90 Å². The number of anilines is 1. The smallest absolute Gasteiger partial charge is 0.241 e. The Hall–Kier alpha value is -1.39. The summed E-state index contributed by atoms with van der Waals surface area (Å²) in [4.78, 5) is 16.6. The number of fused-ring (bicyclic) bond motifs is 1. The van der Waals surface area contributed by atoms with Crippen molar-refractivity contribution in [2.45, 2.75) is 31.7 Å². The van der Waals surface area contributed by atoms with E-state index >= 15 is 0 Å². The Bertz CT molecular complexity index is 485. The lowest BCUT2D eigenvalue weighted by molar-refractivity contribution is -0.120. The lowest BCUT2D eigenvalue weighted by Gasteiger charge is -2.37. The summed E-state index contributed by atoms with van der Waals surface area (Å²) in [6.07, 6.45) is 4.51. The first kappa shape index (κ1) is 13.6. The maximum absolute atomic E-state index is 12.5. The van der Waals surface area contributed by atoms with E-state index in [1.54, 1.807) is 0 Å². The second-order valence-electron chi connectivity index (χ2n) is 5.70. The van der Waals surface area contributed by atoms with Gasteiger partial charge in [0.05, 0.1) is 13.2 Å². The van der Waals surface area contributed by atoms with E-state index in [4.69, 9.17) is 0 Å². The van der Waals surface area contributed by atoms with E-state index < -0.39 is 0 Å². The van der Waals surface area contributed by atoms with Crippen LogP contribution in [0.5, 0.6) is 0 Å². The highest BCUT2D eigenvalue weighted by Gasteiger charge is 2.30. The standard InChI is InChI=1S/C16H22N2O2/c19-11-10-17(14-5-3-6-14)12-16(20)18-9-8-13-4-1-2-7-15(13)18/h1-2,4,7,14,19H,3,5-6,8-12H2.